The van der Waals surface area contributed by atoms with Gasteiger partial charge in [-0.05, 0) is 91.8 Å². The minimum Gasteiger partial charge on any atom is -0.493 e. The number of hydrogen-bond donors (Lipinski definition) is 1. The first kappa shape index (κ1) is 25.2. The van der Waals surface area contributed by atoms with Gasteiger partial charge in [-0.1, -0.05) is 44.2 Å². The van der Waals surface area contributed by atoms with E-state index in [-0.39, 0.29) is 0 Å². The molecule has 2 aliphatic carbocycles. The average Bonchev–Trinajstić information content (AvgIpc) is 3.72. The summed E-state index contributed by atoms with van der Waals surface area (Å²) in [5.74, 6) is 2.29. The van der Waals surface area contributed by atoms with Crippen LogP contribution in [0, 0.1) is 5.41 Å². The van der Waals surface area contributed by atoms with E-state index < -0.39 is 0 Å². The second-order valence-electron chi connectivity index (χ2n) is 12.4. The molecule has 37 heavy (non-hydrogen) atoms. The second-order valence-corrected chi connectivity index (χ2v) is 12.4. The number of nitrogens with zero attached hydrogens (tertiary/aromatic N) is 2. The van der Waals surface area contributed by atoms with Crippen molar-refractivity contribution < 1.29 is 9.47 Å². The van der Waals surface area contributed by atoms with E-state index in [1.54, 1.807) is 12.7 Å². The fourth-order valence-electron chi connectivity index (χ4n) is 7.13. The van der Waals surface area contributed by atoms with E-state index in [1.807, 2.05) is 0 Å². The summed E-state index contributed by atoms with van der Waals surface area (Å²) in [6, 6.07) is 16.9. The summed E-state index contributed by atoms with van der Waals surface area (Å²) in [5.41, 5.74) is 4.98. The Hall–Kier alpha value is -2.08. The maximum Gasteiger partial charge on any atom is 0.161 e. The van der Waals surface area contributed by atoms with Gasteiger partial charge in [-0.15, -0.1) is 0 Å². The summed E-state index contributed by atoms with van der Waals surface area (Å²) in [7, 11) is 1.74. The van der Waals surface area contributed by atoms with Crippen molar-refractivity contribution in [1.29, 1.82) is 0 Å². The van der Waals surface area contributed by atoms with Gasteiger partial charge < -0.3 is 14.8 Å². The molecule has 0 radical (unpaired) electrons. The summed E-state index contributed by atoms with van der Waals surface area (Å²) in [6.07, 6.45) is 8.18. The largest absolute Gasteiger partial charge is 0.493 e. The molecule has 2 saturated heterocycles. The Kier molecular flexibility index (Phi) is 7.22. The Morgan fingerprint density at radius 1 is 1.00 bits per heavy atom. The van der Waals surface area contributed by atoms with Crippen LogP contribution in [0.15, 0.2) is 42.5 Å². The summed E-state index contributed by atoms with van der Waals surface area (Å²) in [4.78, 5) is 5.56. The molecular weight excluding hydrogens is 458 g/mol. The lowest BCUT2D eigenvalue weighted by Crippen LogP contribution is -2.59. The molecule has 4 aliphatic rings. The zero-order chi connectivity index (χ0) is 25.4. The van der Waals surface area contributed by atoms with Crippen LogP contribution in [0.25, 0.3) is 0 Å². The van der Waals surface area contributed by atoms with Gasteiger partial charge in [0.1, 0.15) is 0 Å². The predicted molar refractivity (Wildman–Crippen MR) is 149 cm³/mol. The van der Waals surface area contributed by atoms with Crippen LogP contribution in [0.2, 0.25) is 0 Å². The molecule has 2 aromatic carbocycles. The molecule has 0 aromatic heterocycles. The highest BCUT2D eigenvalue weighted by Crippen LogP contribution is 2.52. The van der Waals surface area contributed by atoms with E-state index >= 15 is 0 Å². The molecule has 1 spiro atoms. The first-order valence-corrected chi connectivity index (χ1v) is 14.6. The maximum atomic E-state index is 6.18. The van der Waals surface area contributed by atoms with Gasteiger partial charge in [0.05, 0.1) is 13.2 Å². The van der Waals surface area contributed by atoms with Crippen LogP contribution in [0.1, 0.15) is 81.0 Å². The number of ether oxygens (including phenoxy) is 2. The molecule has 5 heteroatoms. The van der Waals surface area contributed by atoms with Gasteiger partial charge in [-0.25, -0.2) is 0 Å². The molecule has 6 rings (SSSR count). The third-order valence-corrected chi connectivity index (χ3v) is 9.41. The standard InChI is InChI=1S/C32H45N3O2/c1-23(2)27-6-4-5-7-28(27)29-22-34(16-17-35(29)25-19-32(20-25)12-14-33-15-13-32)21-24-8-11-30(36-3)31(18-24)37-26-9-10-26/h4-8,11,18,23,25-26,29,33H,9-10,12-17,19-22H2,1-3H3. The second kappa shape index (κ2) is 10.6. The Labute approximate surface area is 223 Å². The molecule has 1 unspecified atom stereocenters. The van der Waals surface area contributed by atoms with E-state index in [0.29, 0.717) is 23.5 Å². The molecule has 2 saturated carbocycles. The lowest BCUT2D eigenvalue weighted by Gasteiger charge is -2.57. The van der Waals surface area contributed by atoms with E-state index in [9.17, 15) is 0 Å². The van der Waals surface area contributed by atoms with Crippen LogP contribution in [0.3, 0.4) is 0 Å². The molecule has 0 amide bonds. The highest BCUT2D eigenvalue weighted by atomic mass is 16.5. The first-order valence-electron chi connectivity index (χ1n) is 14.6. The van der Waals surface area contributed by atoms with E-state index in [1.165, 1.54) is 49.9 Å². The van der Waals surface area contributed by atoms with Crippen LogP contribution in [0.5, 0.6) is 11.5 Å². The van der Waals surface area contributed by atoms with Crippen molar-refractivity contribution in [2.45, 2.75) is 83.0 Å². The fraction of sp³-hybridized carbons (Fsp3) is 0.625. The van der Waals surface area contributed by atoms with Crippen molar-refractivity contribution in [2.75, 3.05) is 39.8 Å². The van der Waals surface area contributed by atoms with Crippen molar-refractivity contribution in [2.24, 2.45) is 5.41 Å². The number of benzene rings is 2. The Morgan fingerprint density at radius 3 is 2.51 bits per heavy atom. The van der Waals surface area contributed by atoms with Crippen LogP contribution in [-0.4, -0.2) is 61.8 Å². The molecule has 2 aromatic rings. The van der Waals surface area contributed by atoms with Gasteiger partial charge in [0.15, 0.2) is 11.5 Å². The highest BCUT2D eigenvalue weighted by molar-refractivity contribution is 5.43. The van der Waals surface area contributed by atoms with E-state index in [0.717, 1.165) is 56.6 Å². The zero-order valence-corrected chi connectivity index (χ0v) is 23.0. The van der Waals surface area contributed by atoms with E-state index in [2.05, 4.69) is 71.4 Å². The molecule has 0 bridgehead atoms. The molecule has 5 nitrogen and oxygen atoms in total. The quantitative estimate of drug-likeness (QED) is 0.496. The Balaban J connectivity index is 1.21. The first-order chi connectivity index (χ1) is 18.0. The minimum atomic E-state index is 0.371. The van der Waals surface area contributed by atoms with Crippen molar-refractivity contribution in [3.8, 4) is 11.5 Å². The number of hydrogen-bond acceptors (Lipinski definition) is 5. The normalized spacial score (nSPS) is 24.8. The number of methoxy groups -OCH3 is 1. The molecule has 1 N–H and O–H groups in total. The van der Waals surface area contributed by atoms with Crippen molar-refractivity contribution >= 4 is 0 Å². The fourth-order valence-corrected chi connectivity index (χ4v) is 7.13. The summed E-state index contributed by atoms with van der Waals surface area (Å²) >= 11 is 0. The monoisotopic (exact) mass is 503 g/mol. The lowest BCUT2D eigenvalue weighted by atomic mass is 9.60. The Morgan fingerprint density at radius 2 is 1.78 bits per heavy atom. The number of piperazine rings is 1. The van der Waals surface area contributed by atoms with Crippen LogP contribution in [0.4, 0.5) is 0 Å². The van der Waals surface area contributed by atoms with Crippen LogP contribution >= 0.6 is 0 Å². The van der Waals surface area contributed by atoms with Crippen LogP contribution < -0.4 is 14.8 Å². The highest BCUT2D eigenvalue weighted by Gasteiger charge is 2.49. The minimum absolute atomic E-state index is 0.371. The molecule has 2 aliphatic heterocycles. The van der Waals surface area contributed by atoms with Crippen LogP contribution in [-0.2, 0) is 6.54 Å². The maximum absolute atomic E-state index is 6.18. The van der Waals surface area contributed by atoms with Gasteiger partial charge in [0.2, 0.25) is 0 Å². The Bertz CT molecular complexity index is 1070. The van der Waals surface area contributed by atoms with Gasteiger partial charge in [0, 0.05) is 38.3 Å². The van der Waals surface area contributed by atoms with Crippen molar-refractivity contribution in [1.82, 2.24) is 15.1 Å². The third kappa shape index (κ3) is 5.41. The molecular formula is C32H45N3O2. The number of rotatable bonds is 8. The zero-order valence-electron chi connectivity index (χ0n) is 23.0. The topological polar surface area (TPSA) is 37.0 Å². The van der Waals surface area contributed by atoms with Gasteiger partial charge in [0.25, 0.3) is 0 Å². The molecule has 200 valence electrons. The molecule has 1 atom stereocenters. The summed E-state index contributed by atoms with van der Waals surface area (Å²) in [6.45, 7) is 11.4. The number of piperidine rings is 1. The van der Waals surface area contributed by atoms with Gasteiger partial charge in [-0.3, -0.25) is 9.80 Å². The van der Waals surface area contributed by atoms with Gasteiger partial charge >= 0.3 is 0 Å². The van der Waals surface area contributed by atoms with Gasteiger partial charge in [-0.2, -0.15) is 0 Å². The predicted octanol–water partition coefficient (Wildman–Crippen LogP) is 5.75. The van der Waals surface area contributed by atoms with Crippen molar-refractivity contribution in [3.05, 3.63) is 59.2 Å². The molecule has 2 heterocycles. The van der Waals surface area contributed by atoms with Crippen molar-refractivity contribution in [3.63, 3.8) is 0 Å². The number of nitrogens with one attached hydrogen (secondary N) is 1. The molecule has 4 fully saturated rings. The third-order valence-electron chi connectivity index (χ3n) is 9.41. The lowest BCUT2D eigenvalue weighted by molar-refractivity contribution is -0.0650. The summed E-state index contributed by atoms with van der Waals surface area (Å²) < 4.78 is 11.8. The SMILES string of the molecule is COc1ccc(CN2CCN(C3CC4(CCNCC4)C3)C(c3ccccc3C(C)C)C2)cc1OC1CC1. The smallest absolute Gasteiger partial charge is 0.161 e. The summed E-state index contributed by atoms with van der Waals surface area (Å²) in [5, 5.41) is 3.57. The van der Waals surface area contributed by atoms with E-state index in [4.69, 9.17) is 9.47 Å². The average molecular weight is 504 g/mol.